The van der Waals surface area contributed by atoms with Crippen LogP contribution < -0.4 is 26.2 Å². The minimum atomic E-state index is -0.447. The zero-order valence-corrected chi connectivity index (χ0v) is 18.9. The zero-order chi connectivity index (χ0) is 23.2. The van der Waals surface area contributed by atoms with E-state index < -0.39 is 11.8 Å². The lowest BCUT2D eigenvalue weighted by Gasteiger charge is -2.22. The van der Waals surface area contributed by atoms with Gasteiger partial charge in [0.05, 0.1) is 12.9 Å². The third-order valence-corrected chi connectivity index (χ3v) is 5.78. The zero-order valence-electron chi connectivity index (χ0n) is 18.9. The summed E-state index contributed by atoms with van der Waals surface area (Å²) < 4.78 is 5.89. The highest BCUT2D eigenvalue weighted by atomic mass is 16.5. The number of nitrogens with one attached hydrogen (secondary N) is 4. The van der Waals surface area contributed by atoms with Crippen molar-refractivity contribution in [3.63, 3.8) is 0 Å². The summed E-state index contributed by atoms with van der Waals surface area (Å²) in [6, 6.07) is 13.0. The fourth-order valence-corrected chi connectivity index (χ4v) is 3.78. The second-order valence-corrected chi connectivity index (χ2v) is 8.38. The number of amides is 2. The number of aryl methyl sites for hydroxylation is 1. The maximum Gasteiger partial charge on any atom is 0.276 e. The van der Waals surface area contributed by atoms with Crippen molar-refractivity contribution in [3.05, 3.63) is 65.7 Å². The first-order valence-electron chi connectivity index (χ1n) is 11.2. The average molecular weight is 445 g/mol. The fourth-order valence-electron chi connectivity index (χ4n) is 3.78. The van der Waals surface area contributed by atoms with Gasteiger partial charge in [-0.2, -0.15) is 0 Å². The number of piperidine rings is 1. The van der Waals surface area contributed by atoms with Gasteiger partial charge in [-0.05, 0) is 74.7 Å². The van der Waals surface area contributed by atoms with E-state index in [0.717, 1.165) is 42.7 Å². The van der Waals surface area contributed by atoms with Crippen LogP contribution in [0, 0.1) is 12.8 Å². The maximum absolute atomic E-state index is 12.8. The first kappa shape index (κ1) is 22.6. The van der Waals surface area contributed by atoms with Crippen LogP contribution in [0.1, 0.15) is 39.4 Å². The standard InChI is InChI=1S/C24H28BN5O3/c1-15-2-3-17(25)12-20(15)30-24(32)22-21(27-14-28-22)23(31)29-18-4-6-19(7-5-18)33-13-16-8-10-26-11-9-16/h2-7,12,14,16,26H,8-11,13,25H2,1H3,(H,27,28)(H,29,31)(H,30,32). The van der Waals surface area contributed by atoms with Crippen LogP contribution in [-0.2, 0) is 0 Å². The Morgan fingerprint density at radius 1 is 1.09 bits per heavy atom. The van der Waals surface area contributed by atoms with E-state index in [9.17, 15) is 9.59 Å². The topological polar surface area (TPSA) is 108 Å². The molecule has 1 aliphatic rings. The summed E-state index contributed by atoms with van der Waals surface area (Å²) >= 11 is 0. The van der Waals surface area contributed by atoms with Crippen LogP contribution in [-0.4, -0.2) is 49.3 Å². The number of aromatic amines is 1. The average Bonchev–Trinajstić information content (AvgIpc) is 3.32. The van der Waals surface area contributed by atoms with Gasteiger partial charge in [-0.25, -0.2) is 4.98 Å². The van der Waals surface area contributed by atoms with Gasteiger partial charge in [-0.3, -0.25) is 9.59 Å². The van der Waals surface area contributed by atoms with Gasteiger partial charge in [-0.15, -0.1) is 0 Å². The molecule has 9 heteroatoms. The molecule has 2 heterocycles. The fraction of sp³-hybridized carbons (Fsp3) is 0.292. The molecule has 2 amide bonds. The largest absolute Gasteiger partial charge is 0.493 e. The quantitative estimate of drug-likeness (QED) is 0.416. The lowest BCUT2D eigenvalue weighted by molar-refractivity contribution is 0.0985. The lowest BCUT2D eigenvalue weighted by atomic mass is 9.94. The number of imidazole rings is 1. The molecule has 0 aliphatic carbocycles. The maximum atomic E-state index is 12.8. The smallest absolute Gasteiger partial charge is 0.276 e. The van der Waals surface area contributed by atoms with Crippen LogP contribution in [0.25, 0.3) is 0 Å². The number of carbonyl (C=O) groups excluding carboxylic acids is 2. The van der Waals surface area contributed by atoms with Crippen LogP contribution in [0.4, 0.5) is 11.4 Å². The Labute approximate surface area is 193 Å². The lowest BCUT2D eigenvalue weighted by Crippen LogP contribution is -2.30. The highest BCUT2D eigenvalue weighted by molar-refractivity contribution is 6.32. The number of ether oxygens (including phenoxy) is 1. The molecular formula is C24H28BN5O3. The van der Waals surface area contributed by atoms with Crippen LogP contribution in [0.3, 0.4) is 0 Å². The van der Waals surface area contributed by atoms with Crippen molar-refractivity contribution in [1.29, 1.82) is 0 Å². The summed E-state index contributed by atoms with van der Waals surface area (Å²) in [4.78, 5) is 32.4. The second-order valence-electron chi connectivity index (χ2n) is 8.38. The Hall–Kier alpha value is -3.59. The van der Waals surface area contributed by atoms with Gasteiger partial charge in [0.15, 0.2) is 5.69 Å². The van der Waals surface area contributed by atoms with Gasteiger partial charge in [0.25, 0.3) is 11.8 Å². The molecule has 1 aromatic heterocycles. The van der Waals surface area contributed by atoms with Gasteiger partial charge < -0.3 is 25.7 Å². The van der Waals surface area contributed by atoms with E-state index >= 15 is 0 Å². The van der Waals surface area contributed by atoms with Gasteiger partial charge in [-0.1, -0.05) is 17.6 Å². The van der Waals surface area contributed by atoms with Gasteiger partial charge in [0.2, 0.25) is 0 Å². The molecule has 1 fully saturated rings. The summed E-state index contributed by atoms with van der Waals surface area (Å²) in [5.41, 5.74) is 3.38. The van der Waals surface area contributed by atoms with Crippen molar-refractivity contribution in [2.45, 2.75) is 19.8 Å². The third-order valence-electron chi connectivity index (χ3n) is 5.78. The van der Waals surface area contributed by atoms with E-state index in [4.69, 9.17) is 4.74 Å². The molecule has 1 aliphatic heterocycles. The SMILES string of the molecule is Bc1ccc(C)c(NC(=O)c2nc[nH]c2C(=O)Nc2ccc(OCC3CCNCC3)cc2)c1. The molecule has 33 heavy (non-hydrogen) atoms. The molecule has 0 unspecified atom stereocenters. The number of nitrogens with zero attached hydrogens (tertiary/aromatic N) is 1. The number of H-pyrrole nitrogens is 1. The van der Waals surface area contributed by atoms with E-state index in [2.05, 4.69) is 25.9 Å². The van der Waals surface area contributed by atoms with Crippen molar-refractivity contribution in [3.8, 4) is 5.75 Å². The normalized spacial score (nSPS) is 14.0. The van der Waals surface area contributed by atoms with Crippen LogP contribution in [0.2, 0.25) is 0 Å². The predicted octanol–water partition coefficient (Wildman–Crippen LogP) is 1.86. The van der Waals surface area contributed by atoms with Crippen molar-refractivity contribution < 1.29 is 14.3 Å². The molecule has 3 aromatic rings. The van der Waals surface area contributed by atoms with Gasteiger partial charge >= 0.3 is 0 Å². The molecule has 2 aromatic carbocycles. The molecule has 0 bridgehead atoms. The van der Waals surface area contributed by atoms with E-state index in [1.54, 1.807) is 12.1 Å². The summed E-state index contributed by atoms with van der Waals surface area (Å²) in [6.45, 7) is 4.68. The van der Waals surface area contributed by atoms with Crippen molar-refractivity contribution >= 4 is 36.5 Å². The number of hydrogen-bond donors (Lipinski definition) is 4. The van der Waals surface area contributed by atoms with Crippen molar-refractivity contribution in [2.24, 2.45) is 5.92 Å². The van der Waals surface area contributed by atoms with Gasteiger partial charge in [0, 0.05) is 11.4 Å². The number of aromatic nitrogens is 2. The molecule has 1 saturated heterocycles. The molecule has 0 saturated carbocycles. The minimum Gasteiger partial charge on any atom is -0.493 e. The number of carbonyl (C=O) groups is 2. The summed E-state index contributed by atoms with van der Waals surface area (Å²) in [6.07, 6.45) is 3.58. The van der Waals surface area contributed by atoms with E-state index in [1.807, 2.05) is 45.1 Å². The Kier molecular flexibility index (Phi) is 7.09. The molecular weight excluding hydrogens is 417 g/mol. The Bertz CT molecular complexity index is 1120. The first-order chi connectivity index (χ1) is 16.0. The molecule has 4 N–H and O–H groups in total. The van der Waals surface area contributed by atoms with Crippen LogP contribution in [0.15, 0.2) is 48.8 Å². The molecule has 0 radical (unpaired) electrons. The summed E-state index contributed by atoms with van der Waals surface area (Å²) in [7, 11) is 1.95. The monoisotopic (exact) mass is 445 g/mol. The number of benzene rings is 2. The Morgan fingerprint density at radius 3 is 2.61 bits per heavy atom. The molecule has 8 nitrogen and oxygen atoms in total. The predicted molar refractivity (Wildman–Crippen MR) is 131 cm³/mol. The highest BCUT2D eigenvalue weighted by Crippen LogP contribution is 2.20. The summed E-state index contributed by atoms with van der Waals surface area (Å²) in [5.74, 6) is 0.444. The van der Waals surface area contributed by atoms with Crippen molar-refractivity contribution in [2.75, 3.05) is 30.3 Å². The molecule has 0 spiro atoms. The van der Waals surface area contributed by atoms with Crippen LogP contribution >= 0.6 is 0 Å². The number of hydrogen-bond acceptors (Lipinski definition) is 5. The van der Waals surface area contributed by atoms with Crippen LogP contribution in [0.5, 0.6) is 5.75 Å². The Morgan fingerprint density at radius 2 is 1.85 bits per heavy atom. The molecule has 170 valence electrons. The second kappa shape index (κ2) is 10.4. The number of anilines is 2. The van der Waals surface area contributed by atoms with E-state index in [0.29, 0.717) is 23.9 Å². The summed E-state index contributed by atoms with van der Waals surface area (Å²) in [5, 5.41) is 8.99. The number of rotatable bonds is 7. The highest BCUT2D eigenvalue weighted by Gasteiger charge is 2.21. The van der Waals surface area contributed by atoms with E-state index in [1.165, 1.54) is 6.33 Å². The third kappa shape index (κ3) is 5.81. The molecule has 4 rings (SSSR count). The first-order valence-corrected chi connectivity index (χ1v) is 11.2. The van der Waals surface area contributed by atoms with Crippen molar-refractivity contribution in [1.82, 2.24) is 15.3 Å². The van der Waals surface area contributed by atoms with Gasteiger partial charge in [0.1, 0.15) is 19.3 Å². The van der Waals surface area contributed by atoms with E-state index in [-0.39, 0.29) is 11.4 Å². The minimum absolute atomic E-state index is 0.0373. The molecule has 0 atom stereocenters. The Balaban J connectivity index is 1.36.